The number of halogens is 1. The monoisotopic (exact) mass is 311 g/mol. The maximum Gasteiger partial charge on any atom is 0.162 e. The first kappa shape index (κ1) is 15.2. The summed E-state index contributed by atoms with van der Waals surface area (Å²) in [6.07, 6.45) is 0.744. The van der Waals surface area contributed by atoms with Crippen LogP contribution in [0.2, 0.25) is 4.34 Å². The molecule has 1 atom stereocenters. The van der Waals surface area contributed by atoms with Crippen molar-refractivity contribution in [1.29, 1.82) is 0 Å². The lowest BCUT2D eigenvalue weighted by Crippen LogP contribution is -2.17. The molecule has 0 saturated heterocycles. The number of benzene rings is 1. The van der Waals surface area contributed by atoms with Gasteiger partial charge in [0.1, 0.15) is 6.10 Å². The Kier molecular flexibility index (Phi) is 5.71. The largest absolute Gasteiger partial charge is 0.490 e. The second kappa shape index (κ2) is 7.53. The first-order valence-corrected chi connectivity index (χ1v) is 7.77. The Bertz CT molecular complexity index is 544. The fraction of sp³-hybridized carbons (Fsp3) is 0.333. The molecule has 0 aliphatic carbocycles. The molecule has 0 amide bonds. The number of para-hydroxylation sites is 2. The van der Waals surface area contributed by atoms with Gasteiger partial charge < -0.3 is 15.2 Å². The molecule has 0 fully saturated rings. The number of hydrogen-bond acceptors (Lipinski definition) is 4. The summed E-state index contributed by atoms with van der Waals surface area (Å²) in [6, 6.07) is 11.4. The molecule has 20 heavy (non-hydrogen) atoms. The van der Waals surface area contributed by atoms with Crippen molar-refractivity contribution in [2.75, 3.05) is 13.2 Å². The third kappa shape index (κ3) is 3.88. The van der Waals surface area contributed by atoms with Gasteiger partial charge in [-0.05, 0) is 30.7 Å². The molecule has 1 heterocycles. The molecule has 1 aromatic carbocycles. The van der Waals surface area contributed by atoms with Crippen LogP contribution < -0.4 is 15.2 Å². The van der Waals surface area contributed by atoms with E-state index in [1.54, 1.807) is 0 Å². The van der Waals surface area contributed by atoms with E-state index < -0.39 is 0 Å². The highest BCUT2D eigenvalue weighted by Gasteiger charge is 2.16. The summed E-state index contributed by atoms with van der Waals surface area (Å²) in [6.45, 7) is 3.12. The Morgan fingerprint density at radius 2 is 1.95 bits per heavy atom. The van der Waals surface area contributed by atoms with Crippen LogP contribution >= 0.6 is 22.9 Å². The zero-order chi connectivity index (χ0) is 14.4. The standard InChI is InChI=1S/C15H18ClNO2S/c1-2-9-18-11-5-3-4-6-12(11)19-13(10-17)14-7-8-15(16)20-14/h3-8,13H,2,9-10,17H2,1H3. The van der Waals surface area contributed by atoms with Crippen molar-refractivity contribution in [1.82, 2.24) is 0 Å². The van der Waals surface area contributed by atoms with Crippen molar-refractivity contribution in [2.45, 2.75) is 19.4 Å². The van der Waals surface area contributed by atoms with Crippen LogP contribution in [0.15, 0.2) is 36.4 Å². The van der Waals surface area contributed by atoms with Gasteiger partial charge in [-0.25, -0.2) is 0 Å². The van der Waals surface area contributed by atoms with Crippen LogP contribution in [-0.2, 0) is 0 Å². The van der Waals surface area contributed by atoms with Gasteiger partial charge >= 0.3 is 0 Å². The van der Waals surface area contributed by atoms with Gasteiger partial charge in [-0.3, -0.25) is 0 Å². The summed E-state index contributed by atoms with van der Waals surface area (Å²) < 4.78 is 12.4. The number of thiophene rings is 1. The van der Waals surface area contributed by atoms with Gasteiger partial charge in [-0.1, -0.05) is 30.7 Å². The average Bonchev–Trinajstić information content (AvgIpc) is 2.90. The van der Waals surface area contributed by atoms with Crippen molar-refractivity contribution < 1.29 is 9.47 Å². The van der Waals surface area contributed by atoms with Crippen molar-refractivity contribution in [3.63, 3.8) is 0 Å². The summed E-state index contributed by atoms with van der Waals surface area (Å²) in [7, 11) is 0. The van der Waals surface area contributed by atoms with Crippen LogP contribution in [0.4, 0.5) is 0 Å². The fourth-order valence-corrected chi connectivity index (χ4v) is 2.86. The van der Waals surface area contributed by atoms with Crippen LogP contribution in [0.25, 0.3) is 0 Å². The second-order valence-corrected chi connectivity index (χ2v) is 6.03. The molecule has 3 nitrogen and oxygen atoms in total. The summed E-state index contributed by atoms with van der Waals surface area (Å²) in [5.74, 6) is 1.45. The molecule has 1 aromatic heterocycles. The van der Waals surface area contributed by atoms with Crippen molar-refractivity contribution in [2.24, 2.45) is 5.73 Å². The Balaban J connectivity index is 2.15. The lowest BCUT2D eigenvalue weighted by molar-refractivity contribution is 0.201. The second-order valence-electron chi connectivity index (χ2n) is 4.28. The SMILES string of the molecule is CCCOc1ccccc1OC(CN)c1ccc(Cl)s1. The minimum absolute atomic E-state index is 0.209. The molecule has 0 radical (unpaired) electrons. The fourth-order valence-electron chi connectivity index (χ4n) is 1.76. The summed E-state index contributed by atoms with van der Waals surface area (Å²) in [5, 5.41) is 0. The molecule has 0 saturated carbocycles. The molecule has 2 N–H and O–H groups in total. The number of hydrogen-bond donors (Lipinski definition) is 1. The number of rotatable bonds is 7. The van der Waals surface area contributed by atoms with Crippen molar-refractivity contribution >= 4 is 22.9 Å². The third-order valence-corrected chi connectivity index (χ3v) is 4.03. The molecule has 1 unspecified atom stereocenters. The van der Waals surface area contributed by atoms with E-state index in [0.29, 0.717) is 18.9 Å². The predicted octanol–water partition coefficient (Wildman–Crippen LogP) is 4.27. The van der Waals surface area contributed by atoms with Gasteiger partial charge in [0.2, 0.25) is 0 Å². The molecule has 108 valence electrons. The van der Waals surface area contributed by atoms with Gasteiger partial charge in [0, 0.05) is 11.4 Å². The maximum atomic E-state index is 5.99. The molecule has 5 heteroatoms. The predicted molar refractivity (Wildman–Crippen MR) is 84.0 cm³/mol. The highest BCUT2D eigenvalue weighted by molar-refractivity contribution is 7.16. The normalized spacial score (nSPS) is 12.2. The summed E-state index contributed by atoms with van der Waals surface area (Å²) in [5.41, 5.74) is 5.81. The van der Waals surface area contributed by atoms with E-state index in [-0.39, 0.29) is 6.10 Å². The topological polar surface area (TPSA) is 44.5 Å². The highest BCUT2D eigenvalue weighted by Crippen LogP contribution is 2.34. The molecule has 0 spiro atoms. The molecule has 2 aromatic rings. The highest BCUT2D eigenvalue weighted by atomic mass is 35.5. The van der Waals surface area contributed by atoms with Crippen LogP contribution in [0.3, 0.4) is 0 Å². The minimum atomic E-state index is -0.209. The third-order valence-electron chi connectivity index (χ3n) is 2.71. The van der Waals surface area contributed by atoms with Crippen LogP contribution in [-0.4, -0.2) is 13.2 Å². The van der Waals surface area contributed by atoms with E-state index in [1.807, 2.05) is 36.4 Å². The van der Waals surface area contributed by atoms with Gasteiger partial charge in [-0.15, -0.1) is 11.3 Å². The maximum absolute atomic E-state index is 5.99. The smallest absolute Gasteiger partial charge is 0.162 e. The number of nitrogens with two attached hydrogens (primary N) is 1. The molecule has 0 aliphatic rings. The van der Waals surface area contributed by atoms with Gasteiger partial charge in [0.05, 0.1) is 10.9 Å². The first-order valence-electron chi connectivity index (χ1n) is 6.58. The minimum Gasteiger partial charge on any atom is -0.490 e. The quantitative estimate of drug-likeness (QED) is 0.830. The van der Waals surface area contributed by atoms with E-state index in [2.05, 4.69) is 6.92 Å². The van der Waals surface area contributed by atoms with Gasteiger partial charge in [-0.2, -0.15) is 0 Å². The Morgan fingerprint density at radius 1 is 1.20 bits per heavy atom. The Labute approximate surface area is 128 Å². The molecular formula is C15H18ClNO2S. The summed E-state index contributed by atoms with van der Waals surface area (Å²) in [4.78, 5) is 1.02. The molecule has 2 rings (SSSR count). The van der Waals surface area contributed by atoms with Crippen LogP contribution in [0.5, 0.6) is 11.5 Å². The van der Waals surface area contributed by atoms with Crippen molar-refractivity contribution in [3.05, 3.63) is 45.6 Å². The molecule has 0 bridgehead atoms. The van der Waals surface area contributed by atoms with Crippen molar-refractivity contribution in [3.8, 4) is 11.5 Å². The Morgan fingerprint density at radius 3 is 2.55 bits per heavy atom. The van der Waals surface area contributed by atoms with E-state index in [1.165, 1.54) is 11.3 Å². The molecular weight excluding hydrogens is 294 g/mol. The van der Waals surface area contributed by atoms with Crippen LogP contribution in [0.1, 0.15) is 24.3 Å². The van der Waals surface area contributed by atoms with Gasteiger partial charge in [0.25, 0.3) is 0 Å². The van der Waals surface area contributed by atoms with E-state index in [4.69, 9.17) is 26.8 Å². The number of ether oxygens (including phenoxy) is 2. The summed E-state index contributed by atoms with van der Waals surface area (Å²) >= 11 is 7.44. The average molecular weight is 312 g/mol. The van der Waals surface area contributed by atoms with Gasteiger partial charge in [0.15, 0.2) is 11.5 Å². The lowest BCUT2D eigenvalue weighted by atomic mass is 10.2. The zero-order valence-corrected chi connectivity index (χ0v) is 12.9. The Hall–Kier alpha value is -1.23. The van der Waals surface area contributed by atoms with E-state index >= 15 is 0 Å². The van der Waals surface area contributed by atoms with E-state index in [0.717, 1.165) is 21.4 Å². The van der Waals surface area contributed by atoms with Crippen LogP contribution in [0, 0.1) is 0 Å². The van der Waals surface area contributed by atoms with E-state index in [9.17, 15) is 0 Å². The zero-order valence-electron chi connectivity index (χ0n) is 11.3. The molecule has 0 aliphatic heterocycles. The first-order chi connectivity index (χ1) is 9.74. The lowest BCUT2D eigenvalue weighted by Gasteiger charge is -2.18.